The van der Waals surface area contributed by atoms with E-state index in [2.05, 4.69) is 40.0 Å². The molecule has 0 amide bonds. The number of benzene rings is 4. The topological polar surface area (TPSA) is 192 Å². The van der Waals surface area contributed by atoms with Crippen molar-refractivity contribution in [1.82, 2.24) is 0 Å². The van der Waals surface area contributed by atoms with Crippen LogP contribution in [0.15, 0.2) is 151 Å². The summed E-state index contributed by atoms with van der Waals surface area (Å²) in [6, 6.07) is 22.4. The summed E-state index contributed by atoms with van der Waals surface area (Å²) in [6.07, 6.45) is 26.5. The van der Waals surface area contributed by atoms with Gasteiger partial charge in [-0.05, 0) is 184 Å². The summed E-state index contributed by atoms with van der Waals surface area (Å²) in [5.74, 6) is 1.87. The van der Waals surface area contributed by atoms with Crippen LogP contribution in [0.1, 0.15) is 151 Å². The fraction of sp³-hybridized carbons (Fsp3) is 0.479. The van der Waals surface area contributed by atoms with Gasteiger partial charge in [0.05, 0.1) is 62.9 Å². The first-order valence-electron chi connectivity index (χ1n) is 31.6. The molecule has 4 aromatic rings. The molecule has 0 bridgehead atoms. The van der Waals surface area contributed by atoms with E-state index in [1.807, 2.05) is 31.2 Å². The van der Waals surface area contributed by atoms with Crippen molar-refractivity contribution < 1.29 is 72.0 Å². The van der Waals surface area contributed by atoms with Crippen LogP contribution in [0.4, 0.5) is 0 Å². The Morgan fingerprint density at radius 1 is 0.670 bits per heavy atom. The van der Waals surface area contributed by atoms with Crippen LogP contribution in [-0.2, 0) is 44.4 Å². The van der Waals surface area contributed by atoms with E-state index in [4.69, 9.17) is 47.4 Å². The highest BCUT2D eigenvalue weighted by molar-refractivity contribution is 5.98. The van der Waals surface area contributed by atoms with Gasteiger partial charge >= 0.3 is 23.9 Å². The molecule has 4 aromatic carbocycles. The lowest BCUT2D eigenvalue weighted by Gasteiger charge is -2.40. The minimum absolute atomic E-state index is 0. The van der Waals surface area contributed by atoms with Gasteiger partial charge in [-0.3, -0.25) is 0 Å². The number of fused-ring (bicyclic) bond motifs is 1. The molecule has 1 spiro atoms. The van der Waals surface area contributed by atoms with Crippen LogP contribution >= 0.6 is 0 Å². The molecule has 4 aliphatic rings. The van der Waals surface area contributed by atoms with Crippen molar-refractivity contribution >= 4 is 34.6 Å². The first-order chi connectivity index (χ1) is 42.3. The van der Waals surface area contributed by atoms with Crippen LogP contribution in [0, 0.1) is 22.7 Å². The maximum absolute atomic E-state index is 13.5. The largest absolute Gasteiger partial charge is 0.498 e. The van der Waals surface area contributed by atoms with Gasteiger partial charge in [-0.15, -0.1) is 6.58 Å². The summed E-state index contributed by atoms with van der Waals surface area (Å²) in [5.41, 5.74) is 3.45. The second kappa shape index (κ2) is 36.4. The van der Waals surface area contributed by atoms with Gasteiger partial charge in [-0.2, -0.15) is 0 Å². The third-order valence-corrected chi connectivity index (χ3v) is 16.2. The number of ether oxygens (including phenoxy) is 10. The zero-order valence-corrected chi connectivity index (χ0v) is 52.6. The van der Waals surface area contributed by atoms with E-state index in [1.165, 1.54) is 25.7 Å². The summed E-state index contributed by atoms with van der Waals surface area (Å²) in [5, 5.41) is 1.55. The van der Waals surface area contributed by atoms with E-state index in [1.54, 1.807) is 91.9 Å². The number of allylic oxidation sites excluding steroid dienone is 6. The van der Waals surface area contributed by atoms with Crippen molar-refractivity contribution in [3.05, 3.63) is 168 Å². The zero-order chi connectivity index (χ0) is 61.9. The van der Waals surface area contributed by atoms with Crippen molar-refractivity contribution in [3.63, 3.8) is 0 Å². The molecule has 8 rings (SSSR count). The summed E-state index contributed by atoms with van der Waals surface area (Å²) in [4.78, 5) is 51.5. The Morgan fingerprint density at radius 3 is 1.99 bits per heavy atom. The van der Waals surface area contributed by atoms with Gasteiger partial charge in [0.15, 0.2) is 0 Å². The third-order valence-electron chi connectivity index (χ3n) is 16.2. The van der Waals surface area contributed by atoms with Crippen LogP contribution in [0.3, 0.4) is 0 Å². The number of hydrogen-bond donors (Lipinski definition) is 0. The Morgan fingerprint density at radius 2 is 1.28 bits per heavy atom. The maximum atomic E-state index is 13.5. The molecule has 3 aliphatic carbocycles. The molecule has 2 N–H and O–H groups in total. The highest BCUT2D eigenvalue weighted by atomic mass is 16.6. The van der Waals surface area contributed by atoms with Crippen molar-refractivity contribution in [3.8, 4) is 23.0 Å². The number of esters is 4. The molecule has 1 aliphatic heterocycles. The monoisotopic (exact) mass is 1210 g/mol. The van der Waals surface area contributed by atoms with Gasteiger partial charge < -0.3 is 52.8 Å². The fourth-order valence-corrected chi connectivity index (χ4v) is 10.3. The molecular weight excluding hydrogens is 1120 g/mol. The predicted octanol–water partition coefficient (Wildman–Crippen LogP) is 14.7. The van der Waals surface area contributed by atoms with Crippen LogP contribution in [0.2, 0.25) is 0 Å². The van der Waals surface area contributed by atoms with Crippen LogP contribution in [0.25, 0.3) is 10.8 Å². The quantitative estimate of drug-likeness (QED) is 0.0135. The fourth-order valence-electron chi connectivity index (χ4n) is 10.3. The minimum Gasteiger partial charge on any atom is -0.498 e. The molecule has 0 aromatic heterocycles. The average Bonchev–Trinajstić information content (AvgIpc) is 1.87. The number of aryl methyl sites for hydroxylation is 1. The number of carbonyl (C=O) groups excluding carboxylic acids is 4. The lowest BCUT2D eigenvalue weighted by molar-refractivity contribution is -0.150. The average molecular weight is 1210 g/mol. The van der Waals surface area contributed by atoms with Crippen LogP contribution in [0.5, 0.6) is 23.0 Å². The van der Waals surface area contributed by atoms with E-state index in [0.29, 0.717) is 90.6 Å². The summed E-state index contributed by atoms with van der Waals surface area (Å²) in [6.45, 7) is 25.4. The lowest BCUT2D eigenvalue weighted by atomic mass is 9.83. The number of unbranched alkanes of at least 4 members (excludes halogenated alkanes) is 7. The normalized spacial score (nSPS) is 16.9. The molecule has 1 saturated carbocycles. The number of hydrogen-bond acceptors (Lipinski definition) is 14. The van der Waals surface area contributed by atoms with Gasteiger partial charge in [0.1, 0.15) is 28.8 Å². The molecule has 1 heterocycles. The standard InChI is InChI=1S/C59H64O12.C14H28O2.H2O/c1-5-13-44-35-50(70-56(62)46-26-27-59-36-51(59)53(24-19-47(59)33-46)67-30-9-7-8-10-31-68-54(60)40(3)4)23-25-52(44)71-57(63)45-15-14-43-34-49(22-18-42(43)32-45)69-55(61)41-16-20-48(21-17-41)66-29-12-11-28-64-37-58(6-2)38-65-39-58;1-4-10-15-11-8-6-7-9-12-16-13-14(3)5-2;/h14-27,32-35,51H,3,5-13,28-31,36-39H2,1-2,4H3;4,14H,1,5-13H2,2-3H3;1H2. The van der Waals surface area contributed by atoms with E-state index in [-0.39, 0.29) is 28.2 Å². The molecule has 476 valence electrons. The highest BCUT2D eigenvalue weighted by Crippen LogP contribution is 2.65. The van der Waals surface area contributed by atoms with Crippen molar-refractivity contribution in [2.24, 2.45) is 22.7 Å². The first-order valence-corrected chi connectivity index (χ1v) is 31.6. The molecule has 1 saturated heterocycles. The van der Waals surface area contributed by atoms with Gasteiger partial charge in [0.25, 0.3) is 0 Å². The molecule has 3 unspecified atom stereocenters. The Bertz CT molecular complexity index is 3050. The highest BCUT2D eigenvalue weighted by Gasteiger charge is 2.59. The summed E-state index contributed by atoms with van der Waals surface area (Å²) >= 11 is 0. The molecule has 3 atom stereocenters. The SMILES string of the molecule is C=C(C)C(=O)OCCCCCCOC1=CC=C2C=C(C(=O)Oc3ccc(OC(=O)c4ccc5cc(OC(=O)c6ccc(OCCCCOCC7(CC)COC7)cc6)ccc5c4)c(CCC)c3)C=CC23CC13.C=CCOCCCCCCOCC(C)CC.O. The van der Waals surface area contributed by atoms with E-state index < -0.39 is 17.9 Å². The zero-order valence-electron chi connectivity index (χ0n) is 52.6. The Hall–Kier alpha value is -7.14. The second-order valence-electron chi connectivity index (χ2n) is 23.4. The molecule has 0 radical (unpaired) electrons. The van der Waals surface area contributed by atoms with E-state index in [9.17, 15) is 19.2 Å². The van der Waals surface area contributed by atoms with Crippen LogP contribution in [-0.4, -0.2) is 102 Å². The minimum atomic E-state index is -0.533. The Labute approximate surface area is 521 Å². The smallest absolute Gasteiger partial charge is 0.343 e. The maximum Gasteiger partial charge on any atom is 0.343 e. The van der Waals surface area contributed by atoms with Crippen molar-refractivity contribution in [2.75, 3.05) is 72.7 Å². The van der Waals surface area contributed by atoms with Crippen LogP contribution < -0.4 is 18.9 Å². The molecule has 15 heteroatoms. The molecular formula is C73H94O15. The molecule has 88 heavy (non-hydrogen) atoms. The lowest BCUT2D eigenvalue weighted by Crippen LogP contribution is -2.45. The molecule has 15 nitrogen and oxygen atoms in total. The van der Waals surface area contributed by atoms with Crippen molar-refractivity contribution in [1.29, 1.82) is 0 Å². The Balaban J connectivity index is 0.000000637. The third kappa shape index (κ3) is 21.3. The van der Waals surface area contributed by atoms with Gasteiger partial charge in [0.2, 0.25) is 0 Å². The van der Waals surface area contributed by atoms with Gasteiger partial charge in [-0.25, -0.2) is 19.2 Å². The van der Waals surface area contributed by atoms with Gasteiger partial charge in [-0.1, -0.05) is 96.4 Å². The van der Waals surface area contributed by atoms with E-state index >= 15 is 0 Å². The number of rotatable bonds is 38. The predicted molar refractivity (Wildman–Crippen MR) is 343 cm³/mol. The first kappa shape index (κ1) is 70.0. The summed E-state index contributed by atoms with van der Waals surface area (Å²) < 4.78 is 56.8. The van der Waals surface area contributed by atoms with Gasteiger partial charge in [0, 0.05) is 48.7 Å². The second-order valence-corrected chi connectivity index (χ2v) is 23.4. The summed E-state index contributed by atoms with van der Waals surface area (Å²) in [7, 11) is 0. The number of carbonyl (C=O) groups is 4. The van der Waals surface area contributed by atoms with E-state index in [0.717, 1.165) is 132 Å². The molecule has 2 fully saturated rings. The van der Waals surface area contributed by atoms with Crippen molar-refractivity contribution in [2.45, 2.75) is 131 Å². The Kier molecular flexibility index (Phi) is 28.9.